The van der Waals surface area contributed by atoms with Gasteiger partial charge in [-0.05, 0) is 61.5 Å². The van der Waals surface area contributed by atoms with Crippen LogP contribution in [0.4, 0.5) is 0 Å². The van der Waals surface area contributed by atoms with Crippen molar-refractivity contribution < 1.29 is 0 Å². The van der Waals surface area contributed by atoms with Crippen molar-refractivity contribution in [3.8, 4) is 0 Å². The van der Waals surface area contributed by atoms with Crippen LogP contribution in [0.1, 0.15) is 47.6 Å². The molecule has 4 heterocycles. The lowest BCUT2D eigenvalue weighted by atomic mass is 9.89. The minimum Gasteiger partial charge on any atom is -0.297 e. The molecule has 0 aliphatic heterocycles. The lowest BCUT2D eigenvalue weighted by Crippen LogP contribution is -2.28. The average molecular weight is 467 g/mol. The average Bonchev–Trinajstić information content (AvgIpc) is 3.32. The SMILES string of the molecule is C[C@@H]1CCc2c(sc3ncn(CCn4cnc5sc6c(c5c4=O)CC[C@H](C)C6)c(=O)c23)C1. The zero-order valence-corrected chi connectivity index (χ0v) is 20.0. The van der Waals surface area contributed by atoms with Gasteiger partial charge in [0.1, 0.15) is 9.66 Å². The van der Waals surface area contributed by atoms with E-state index in [9.17, 15) is 9.59 Å². The molecule has 0 bridgehead atoms. The summed E-state index contributed by atoms with van der Waals surface area (Å²) < 4.78 is 3.32. The minimum absolute atomic E-state index is 0.0195. The van der Waals surface area contributed by atoms with Crippen LogP contribution in [-0.4, -0.2) is 19.1 Å². The van der Waals surface area contributed by atoms with E-state index < -0.39 is 0 Å². The highest BCUT2D eigenvalue weighted by Crippen LogP contribution is 2.36. The zero-order valence-electron chi connectivity index (χ0n) is 18.4. The molecular formula is C24H26N4O2S2. The highest BCUT2D eigenvalue weighted by molar-refractivity contribution is 7.19. The van der Waals surface area contributed by atoms with Gasteiger partial charge >= 0.3 is 0 Å². The third-order valence-electron chi connectivity index (χ3n) is 7.15. The lowest BCUT2D eigenvalue weighted by molar-refractivity contribution is 0.508. The number of rotatable bonds is 3. The maximum Gasteiger partial charge on any atom is 0.262 e. The second kappa shape index (κ2) is 7.63. The largest absolute Gasteiger partial charge is 0.297 e. The Morgan fingerprint density at radius 1 is 0.812 bits per heavy atom. The summed E-state index contributed by atoms with van der Waals surface area (Å²) in [5.74, 6) is 1.33. The highest BCUT2D eigenvalue weighted by atomic mass is 32.1. The van der Waals surface area contributed by atoms with Crippen molar-refractivity contribution in [1.29, 1.82) is 0 Å². The number of hydrogen-bond donors (Lipinski definition) is 0. The van der Waals surface area contributed by atoms with Crippen LogP contribution in [0.2, 0.25) is 0 Å². The second-order valence-corrected chi connectivity index (χ2v) is 11.7. The Kier molecular flexibility index (Phi) is 4.84. The van der Waals surface area contributed by atoms with Gasteiger partial charge in [-0.1, -0.05) is 13.8 Å². The molecule has 0 N–H and O–H groups in total. The zero-order chi connectivity index (χ0) is 22.0. The van der Waals surface area contributed by atoms with E-state index in [1.165, 1.54) is 20.9 Å². The summed E-state index contributed by atoms with van der Waals surface area (Å²) in [7, 11) is 0. The smallest absolute Gasteiger partial charge is 0.262 e. The summed E-state index contributed by atoms with van der Waals surface area (Å²) in [6.45, 7) is 5.37. The third kappa shape index (κ3) is 3.18. The summed E-state index contributed by atoms with van der Waals surface area (Å²) in [4.78, 5) is 40.1. The van der Waals surface area contributed by atoms with E-state index in [0.717, 1.165) is 59.0 Å². The summed E-state index contributed by atoms with van der Waals surface area (Å²) in [6, 6.07) is 0. The van der Waals surface area contributed by atoms with E-state index in [4.69, 9.17) is 0 Å². The van der Waals surface area contributed by atoms with Crippen molar-refractivity contribution in [2.75, 3.05) is 0 Å². The Morgan fingerprint density at radius 3 is 1.69 bits per heavy atom. The van der Waals surface area contributed by atoms with E-state index in [1.807, 2.05) is 0 Å². The number of aryl methyl sites for hydroxylation is 4. The number of hydrogen-bond acceptors (Lipinski definition) is 6. The summed E-state index contributed by atoms with van der Waals surface area (Å²) in [5, 5.41) is 1.59. The lowest BCUT2D eigenvalue weighted by Gasteiger charge is -2.17. The molecule has 32 heavy (non-hydrogen) atoms. The summed E-state index contributed by atoms with van der Waals surface area (Å²) in [5.41, 5.74) is 2.45. The van der Waals surface area contributed by atoms with Crippen LogP contribution >= 0.6 is 22.7 Å². The van der Waals surface area contributed by atoms with E-state index in [-0.39, 0.29) is 11.1 Å². The fourth-order valence-electron chi connectivity index (χ4n) is 5.27. The fourth-order valence-corrected chi connectivity index (χ4v) is 7.95. The van der Waals surface area contributed by atoms with Gasteiger partial charge in [-0.2, -0.15) is 0 Å². The molecule has 0 spiro atoms. The minimum atomic E-state index is 0.0195. The molecule has 0 unspecified atom stereocenters. The van der Waals surface area contributed by atoms with Gasteiger partial charge in [0, 0.05) is 22.8 Å². The predicted molar refractivity (Wildman–Crippen MR) is 130 cm³/mol. The van der Waals surface area contributed by atoms with Crippen molar-refractivity contribution in [2.45, 2.75) is 65.5 Å². The van der Waals surface area contributed by atoms with Gasteiger partial charge in [0.05, 0.1) is 23.4 Å². The topological polar surface area (TPSA) is 69.8 Å². The Balaban J connectivity index is 1.33. The normalized spacial score (nSPS) is 20.6. The van der Waals surface area contributed by atoms with Crippen LogP contribution in [0.15, 0.2) is 22.2 Å². The van der Waals surface area contributed by atoms with Crippen molar-refractivity contribution >= 4 is 43.1 Å². The number of nitrogens with zero attached hydrogens (tertiary/aromatic N) is 4. The van der Waals surface area contributed by atoms with Crippen LogP contribution in [0, 0.1) is 11.8 Å². The molecule has 6 rings (SSSR count). The Labute approximate surface area is 193 Å². The van der Waals surface area contributed by atoms with E-state index in [1.54, 1.807) is 44.5 Å². The first-order valence-corrected chi connectivity index (χ1v) is 13.1. The second-order valence-electron chi connectivity index (χ2n) is 9.55. The molecule has 2 aliphatic rings. The Hall–Kier alpha value is -2.32. The molecule has 166 valence electrons. The Morgan fingerprint density at radius 2 is 1.25 bits per heavy atom. The monoisotopic (exact) mass is 466 g/mol. The van der Waals surface area contributed by atoms with Crippen LogP contribution in [0.5, 0.6) is 0 Å². The summed E-state index contributed by atoms with van der Waals surface area (Å²) in [6.07, 6.45) is 9.53. The third-order valence-corrected chi connectivity index (χ3v) is 9.47. The summed E-state index contributed by atoms with van der Waals surface area (Å²) >= 11 is 3.34. The van der Waals surface area contributed by atoms with Crippen LogP contribution < -0.4 is 11.1 Å². The molecule has 0 saturated heterocycles. The number of thiophene rings is 2. The maximum atomic E-state index is 13.3. The van der Waals surface area contributed by atoms with Crippen LogP contribution in [0.25, 0.3) is 20.4 Å². The van der Waals surface area contributed by atoms with Gasteiger partial charge in [-0.3, -0.25) is 18.7 Å². The highest BCUT2D eigenvalue weighted by Gasteiger charge is 2.24. The van der Waals surface area contributed by atoms with E-state index >= 15 is 0 Å². The van der Waals surface area contributed by atoms with Gasteiger partial charge in [-0.15, -0.1) is 22.7 Å². The molecule has 2 aliphatic carbocycles. The van der Waals surface area contributed by atoms with Gasteiger partial charge in [0.25, 0.3) is 11.1 Å². The first-order chi connectivity index (χ1) is 15.5. The number of aromatic nitrogens is 4. The van der Waals surface area contributed by atoms with Crippen LogP contribution in [0.3, 0.4) is 0 Å². The van der Waals surface area contributed by atoms with E-state index in [0.29, 0.717) is 24.9 Å². The number of fused-ring (bicyclic) bond motifs is 6. The molecule has 0 aromatic carbocycles. The fraction of sp³-hybridized carbons (Fsp3) is 0.500. The molecule has 2 atom stereocenters. The van der Waals surface area contributed by atoms with Crippen molar-refractivity contribution in [3.63, 3.8) is 0 Å². The van der Waals surface area contributed by atoms with Crippen molar-refractivity contribution in [2.24, 2.45) is 11.8 Å². The van der Waals surface area contributed by atoms with Crippen LogP contribution in [-0.2, 0) is 38.8 Å². The molecule has 0 amide bonds. The molecule has 4 aromatic heterocycles. The first-order valence-electron chi connectivity index (χ1n) is 11.5. The predicted octanol–water partition coefficient (Wildman–Crippen LogP) is 4.18. The molecule has 6 nitrogen and oxygen atoms in total. The standard InChI is InChI=1S/C24H26N4O2S2/c1-13-3-5-15-17(9-13)31-21-19(15)23(29)27(11-25-21)7-8-28-12-26-22-20(24(28)30)16-6-4-14(2)10-18(16)32-22/h11-14H,3-10H2,1-2H3/t13-,14+. The van der Waals surface area contributed by atoms with Crippen molar-refractivity contribution in [3.05, 3.63) is 54.2 Å². The molecule has 0 fully saturated rings. The molecular weight excluding hydrogens is 440 g/mol. The van der Waals surface area contributed by atoms with Gasteiger partial charge < -0.3 is 0 Å². The molecule has 8 heteroatoms. The first kappa shape index (κ1) is 20.3. The Bertz CT molecular complexity index is 1360. The van der Waals surface area contributed by atoms with Gasteiger partial charge in [0.2, 0.25) is 0 Å². The van der Waals surface area contributed by atoms with Gasteiger partial charge in [0.15, 0.2) is 0 Å². The van der Waals surface area contributed by atoms with Crippen molar-refractivity contribution in [1.82, 2.24) is 19.1 Å². The van der Waals surface area contributed by atoms with E-state index in [2.05, 4.69) is 23.8 Å². The molecule has 4 aromatic rings. The molecule has 0 radical (unpaired) electrons. The quantitative estimate of drug-likeness (QED) is 0.454. The van der Waals surface area contributed by atoms with Gasteiger partial charge in [-0.25, -0.2) is 9.97 Å². The molecule has 0 saturated carbocycles. The maximum absolute atomic E-state index is 13.3.